The van der Waals surface area contributed by atoms with E-state index in [1.165, 1.54) is 0 Å². The van der Waals surface area contributed by atoms with Gasteiger partial charge in [0.1, 0.15) is 0 Å². The summed E-state index contributed by atoms with van der Waals surface area (Å²) in [5, 5.41) is 19.5. The van der Waals surface area contributed by atoms with Crippen LogP contribution >= 0.6 is 0 Å². The molecule has 0 aromatic heterocycles. The highest BCUT2D eigenvalue weighted by molar-refractivity contribution is 6.19. The lowest BCUT2D eigenvalue weighted by molar-refractivity contribution is 0.0677. The van der Waals surface area contributed by atoms with Gasteiger partial charge >= 0.3 is 11.9 Å². The molecule has 0 atom stereocenters. The van der Waals surface area contributed by atoms with E-state index in [0.29, 0.717) is 0 Å². The summed E-state index contributed by atoms with van der Waals surface area (Å²) in [6.45, 7) is 7.39. The Morgan fingerprint density at radius 2 is 0.844 bits per heavy atom. The van der Waals surface area contributed by atoms with Gasteiger partial charge in [-0.1, -0.05) is 24.3 Å². The summed E-state index contributed by atoms with van der Waals surface area (Å²) in [6.07, 6.45) is 0. The van der Waals surface area contributed by atoms with Crippen LogP contribution in [0.5, 0.6) is 0 Å². The van der Waals surface area contributed by atoms with Crippen LogP contribution in [0.1, 0.15) is 74.8 Å². The molecule has 0 radical (unpaired) electrons. The molecule has 0 bridgehead atoms. The largest absolute Gasteiger partial charge is 0.478 e. The van der Waals surface area contributed by atoms with Crippen LogP contribution < -0.4 is 0 Å². The Morgan fingerprint density at radius 1 is 0.500 bits per heavy atom. The zero-order valence-corrected chi connectivity index (χ0v) is 18.1. The summed E-state index contributed by atoms with van der Waals surface area (Å²) in [5.41, 5.74) is 2.65. The number of aryl methyl sites for hydroxylation is 4. The maximum Gasteiger partial charge on any atom is 0.336 e. The number of carboxylic acids is 2. The molecular weight excluding hydrogens is 408 g/mol. The first-order valence-electron chi connectivity index (χ1n) is 9.89. The standard InChI is InChI=1S/C26H22O6/c1-13-5-7-17(9-15(13)3)23(27)19-11-22(26(31)32)20(12-21(19)25(29)30)24(28)18-8-6-14(2)16(4)10-18/h5-12H,1-4H3,(H,29,30)(H,31,32). The second kappa shape index (κ2) is 8.59. The van der Waals surface area contributed by atoms with Gasteiger partial charge in [0.25, 0.3) is 0 Å². The minimum absolute atomic E-state index is 0.236. The number of rotatable bonds is 6. The Morgan fingerprint density at radius 3 is 1.12 bits per heavy atom. The highest BCUT2D eigenvalue weighted by Crippen LogP contribution is 2.25. The van der Waals surface area contributed by atoms with Crippen LogP contribution in [-0.2, 0) is 0 Å². The molecule has 0 unspecified atom stereocenters. The van der Waals surface area contributed by atoms with Gasteiger partial charge in [-0.25, -0.2) is 9.59 Å². The molecule has 0 spiro atoms. The van der Waals surface area contributed by atoms with Crippen molar-refractivity contribution in [3.8, 4) is 0 Å². The average Bonchev–Trinajstić information content (AvgIpc) is 2.75. The Kier molecular flexibility index (Phi) is 6.07. The number of ketones is 2. The van der Waals surface area contributed by atoms with Gasteiger partial charge in [-0.05, 0) is 74.2 Å². The van der Waals surface area contributed by atoms with E-state index in [4.69, 9.17) is 0 Å². The fourth-order valence-electron chi connectivity index (χ4n) is 3.41. The van der Waals surface area contributed by atoms with Crippen LogP contribution in [0.3, 0.4) is 0 Å². The molecule has 162 valence electrons. The first-order chi connectivity index (χ1) is 15.0. The number of benzene rings is 3. The highest BCUT2D eigenvalue weighted by Gasteiger charge is 2.27. The lowest BCUT2D eigenvalue weighted by Crippen LogP contribution is -2.17. The van der Waals surface area contributed by atoms with Crippen LogP contribution in [0.25, 0.3) is 0 Å². The van der Waals surface area contributed by atoms with Crippen molar-refractivity contribution in [2.45, 2.75) is 27.7 Å². The Hall–Kier alpha value is -4.06. The van der Waals surface area contributed by atoms with Crippen molar-refractivity contribution < 1.29 is 29.4 Å². The van der Waals surface area contributed by atoms with E-state index in [0.717, 1.165) is 34.4 Å². The van der Waals surface area contributed by atoms with Crippen LogP contribution in [0, 0.1) is 27.7 Å². The topological polar surface area (TPSA) is 109 Å². The minimum atomic E-state index is -1.43. The van der Waals surface area contributed by atoms with Gasteiger partial charge in [-0.2, -0.15) is 0 Å². The third-order valence-corrected chi connectivity index (χ3v) is 5.65. The second-order valence-corrected chi connectivity index (χ2v) is 7.81. The molecule has 3 aromatic rings. The van der Waals surface area contributed by atoms with Crippen LogP contribution in [0.15, 0.2) is 48.5 Å². The molecule has 6 heteroatoms. The third kappa shape index (κ3) is 4.21. The first kappa shape index (κ1) is 22.6. The monoisotopic (exact) mass is 430 g/mol. The molecule has 0 heterocycles. The normalized spacial score (nSPS) is 10.6. The van der Waals surface area contributed by atoms with Gasteiger partial charge < -0.3 is 10.2 Å². The van der Waals surface area contributed by atoms with Gasteiger partial charge in [0, 0.05) is 22.3 Å². The maximum absolute atomic E-state index is 13.1. The molecule has 0 amide bonds. The number of carbonyl (C=O) groups excluding carboxylic acids is 2. The summed E-state index contributed by atoms with van der Waals surface area (Å²) in [5.74, 6) is -4.11. The van der Waals surface area contributed by atoms with Gasteiger partial charge in [0.15, 0.2) is 11.6 Å². The number of aromatic carboxylic acids is 2. The highest BCUT2D eigenvalue weighted by atomic mass is 16.4. The van der Waals surface area contributed by atoms with Crippen LogP contribution in [0.2, 0.25) is 0 Å². The smallest absolute Gasteiger partial charge is 0.336 e. The van der Waals surface area contributed by atoms with Gasteiger partial charge in [0.2, 0.25) is 0 Å². The van der Waals surface area contributed by atoms with Crippen molar-refractivity contribution in [3.63, 3.8) is 0 Å². The second-order valence-electron chi connectivity index (χ2n) is 7.81. The predicted molar refractivity (Wildman–Crippen MR) is 119 cm³/mol. The van der Waals surface area contributed by atoms with E-state index < -0.39 is 34.6 Å². The van der Waals surface area contributed by atoms with Crippen molar-refractivity contribution in [1.82, 2.24) is 0 Å². The van der Waals surface area contributed by atoms with Gasteiger partial charge in [-0.15, -0.1) is 0 Å². The molecule has 0 saturated carbocycles. The Bertz CT molecular complexity index is 1200. The number of hydrogen-bond acceptors (Lipinski definition) is 4. The predicted octanol–water partition coefficient (Wildman–Crippen LogP) is 4.78. The summed E-state index contributed by atoms with van der Waals surface area (Å²) >= 11 is 0. The van der Waals surface area contributed by atoms with E-state index in [9.17, 15) is 29.4 Å². The zero-order valence-electron chi connectivity index (χ0n) is 18.1. The molecule has 3 rings (SSSR count). The molecule has 2 N–H and O–H groups in total. The van der Waals surface area contributed by atoms with Gasteiger partial charge in [-0.3, -0.25) is 9.59 Å². The molecule has 0 aliphatic heterocycles. The first-order valence-corrected chi connectivity index (χ1v) is 9.89. The van der Waals surface area contributed by atoms with Crippen LogP contribution in [0.4, 0.5) is 0 Å². The van der Waals surface area contributed by atoms with E-state index in [-0.39, 0.29) is 22.3 Å². The third-order valence-electron chi connectivity index (χ3n) is 5.65. The minimum Gasteiger partial charge on any atom is -0.478 e. The lowest BCUT2D eigenvalue weighted by Gasteiger charge is -2.13. The van der Waals surface area contributed by atoms with Crippen molar-refractivity contribution in [1.29, 1.82) is 0 Å². The molecule has 0 aliphatic rings. The zero-order chi connectivity index (χ0) is 23.7. The average molecular weight is 430 g/mol. The van der Waals surface area contributed by atoms with Gasteiger partial charge in [0.05, 0.1) is 11.1 Å². The molecule has 6 nitrogen and oxygen atoms in total. The summed E-state index contributed by atoms with van der Waals surface area (Å²) < 4.78 is 0. The molecule has 0 aliphatic carbocycles. The lowest BCUT2D eigenvalue weighted by atomic mass is 9.89. The molecule has 32 heavy (non-hydrogen) atoms. The molecule has 0 saturated heterocycles. The van der Waals surface area contributed by atoms with E-state index in [1.807, 2.05) is 27.7 Å². The number of carboxylic acid groups (broad SMARTS) is 2. The quantitative estimate of drug-likeness (QED) is 0.545. The number of carbonyl (C=O) groups is 4. The maximum atomic E-state index is 13.1. The van der Waals surface area contributed by atoms with Crippen molar-refractivity contribution in [2.75, 3.05) is 0 Å². The Balaban J connectivity index is 2.22. The number of hydrogen-bond donors (Lipinski definition) is 2. The summed E-state index contributed by atoms with van der Waals surface area (Å²) in [7, 11) is 0. The Labute approximate surface area is 185 Å². The van der Waals surface area contributed by atoms with Crippen LogP contribution in [-0.4, -0.2) is 33.7 Å². The van der Waals surface area contributed by atoms with E-state index in [1.54, 1.807) is 36.4 Å². The fraction of sp³-hybridized carbons (Fsp3) is 0.154. The van der Waals surface area contributed by atoms with E-state index >= 15 is 0 Å². The molecular formula is C26H22O6. The SMILES string of the molecule is Cc1ccc(C(=O)c2cc(C(=O)O)c(C(=O)c3ccc(C)c(C)c3)cc2C(=O)O)cc1C. The van der Waals surface area contributed by atoms with Crippen molar-refractivity contribution in [3.05, 3.63) is 104 Å². The van der Waals surface area contributed by atoms with Crippen molar-refractivity contribution >= 4 is 23.5 Å². The fourth-order valence-corrected chi connectivity index (χ4v) is 3.41. The molecule has 3 aromatic carbocycles. The molecule has 0 fully saturated rings. The summed E-state index contributed by atoms with van der Waals surface area (Å²) in [4.78, 5) is 50.1. The van der Waals surface area contributed by atoms with Crippen molar-refractivity contribution in [2.24, 2.45) is 0 Å². The summed E-state index contributed by atoms with van der Waals surface area (Å²) in [6, 6.07) is 11.8. The van der Waals surface area contributed by atoms with E-state index in [2.05, 4.69) is 0 Å².